The summed E-state index contributed by atoms with van der Waals surface area (Å²) < 4.78 is 20.9. The van der Waals surface area contributed by atoms with Crippen LogP contribution in [-0.2, 0) is 11.4 Å². The van der Waals surface area contributed by atoms with Gasteiger partial charge in [-0.15, -0.1) is 0 Å². The van der Waals surface area contributed by atoms with E-state index in [1.807, 2.05) is 60.8 Å². The zero-order chi connectivity index (χ0) is 27.0. The van der Waals surface area contributed by atoms with Crippen molar-refractivity contribution in [3.8, 4) is 28.8 Å². The fourth-order valence-corrected chi connectivity index (χ4v) is 4.72. The number of benzene rings is 3. The van der Waals surface area contributed by atoms with E-state index < -0.39 is 0 Å². The summed E-state index contributed by atoms with van der Waals surface area (Å²) in [6.07, 6.45) is 8.66. The van der Waals surface area contributed by atoms with Crippen LogP contribution in [0.3, 0.4) is 0 Å². The van der Waals surface area contributed by atoms with E-state index >= 15 is 0 Å². The van der Waals surface area contributed by atoms with Crippen LogP contribution in [0.25, 0.3) is 23.0 Å². The van der Waals surface area contributed by atoms with Gasteiger partial charge < -0.3 is 10.1 Å². The van der Waals surface area contributed by atoms with E-state index in [1.165, 1.54) is 18.6 Å². The SMILES string of the molecule is N#C/C(=C/c1cn(-c2ccccc2)nc1-c1cccc(OCc2ccc(F)cc2)c1)C(=O)NC1CCCCC1. The number of nitrogens with zero attached hydrogens (tertiary/aromatic N) is 3. The molecule has 0 atom stereocenters. The van der Waals surface area contributed by atoms with Crippen molar-refractivity contribution < 1.29 is 13.9 Å². The number of nitriles is 1. The van der Waals surface area contributed by atoms with Crippen molar-refractivity contribution in [2.24, 2.45) is 0 Å². The Morgan fingerprint density at radius 3 is 2.56 bits per heavy atom. The summed E-state index contributed by atoms with van der Waals surface area (Å²) >= 11 is 0. The summed E-state index contributed by atoms with van der Waals surface area (Å²) in [5.74, 6) is -0.0322. The molecule has 0 saturated heterocycles. The van der Waals surface area contributed by atoms with Gasteiger partial charge in [-0.2, -0.15) is 10.4 Å². The van der Waals surface area contributed by atoms with Crippen LogP contribution in [-0.4, -0.2) is 21.7 Å². The monoisotopic (exact) mass is 520 g/mol. The molecule has 7 heteroatoms. The number of hydrogen-bond donors (Lipinski definition) is 1. The summed E-state index contributed by atoms with van der Waals surface area (Å²) in [4.78, 5) is 13.0. The first kappa shape index (κ1) is 25.9. The molecule has 1 N–H and O–H groups in total. The minimum absolute atomic E-state index is 0.0400. The van der Waals surface area contributed by atoms with Crippen molar-refractivity contribution in [2.75, 3.05) is 0 Å². The molecule has 3 aromatic carbocycles. The van der Waals surface area contributed by atoms with E-state index in [2.05, 4.69) is 11.4 Å². The summed E-state index contributed by atoms with van der Waals surface area (Å²) in [6, 6.07) is 25.5. The van der Waals surface area contributed by atoms with Crippen molar-refractivity contribution in [1.82, 2.24) is 15.1 Å². The smallest absolute Gasteiger partial charge is 0.262 e. The lowest BCUT2D eigenvalue weighted by atomic mass is 9.95. The van der Waals surface area contributed by atoms with Crippen molar-refractivity contribution in [3.05, 3.63) is 108 Å². The highest BCUT2D eigenvalue weighted by Gasteiger charge is 2.20. The number of amides is 1. The molecule has 1 fully saturated rings. The fourth-order valence-electron chi connectivity index (χ4n) is 4.72. The van der Waals surface area contributed by atoms with E-state index in [-0.39, 0.29) is 29.9 Å². The van der Waals surface area contributed by atoms with E-state index in [0.717, 1.165) is 42.5 Å². The van der Waals surface area contributed by atoms with Crippen molar-refractivity contribution >= 4 is 12.0 Å². The van der Waals surface area contributed by atoms with Gasteiger partial charge >= 0.3 is 0 Å². The molecular weight excluding hydrogens is 491 g/mol. The van der Waals surface area contributed by atoms with Crippen LogP contribution in [0.5, 0.6) is 5.75 Å². The van der Waals surface area contributed by atoms with Crippen LogP contribution in [0, 0.1) is 17.1 Å². The van der Waals surface area contributed by atoms with Crippen molar-refractivity contribution in [2.45, 2.75) is 44.8 Å². The van der Waals surface area contributed by atoms with Gasteiger partial charge in [-0.3, -0.25) is 4.79 Å². The number of halogens is 1. The van der Waals surface area contributed by atoms with Gasteiger partial charge in [-0.25, -0.2) is 9.07 Å². The van der Waals surface area contributed by atoms with Crippen LogP contribution in [0.2, 0.25) is 0 Å². The maximum Gasteiger partial charge on any atom is 0.262 e. The topological polar surface area (TPSA) is 79.9 Å². The average molecular weight is 521 g/mol. The number of carbonyl (C=O) groups excluding carboxylic acids is 1. The van der Waals surface area contributed by atoms with Gasteiger partial charge in [0.15, 0.2) is 0 Å². The maximum absolute atomic E-state index is 13.2. The fraction of sp³-hybridized carbons (Fsp3) is 0.219. The van der Waals surface area contributed by atoms with E-state index in [9.17, 15) is 14.4 Å². The lowest BCUT2D eigenvalue weighted by molar-refractivity contribution is -0.117. The molecule has 196 valence electrons. The molecule has 1 heterocycles. The number of ether oxygens (including phenoxy) is 1. The Morgan fingerprint density at radius 2 is 1.82 bits per heavy atom. The molecule has 5 rings (SSSR count). The second kappa shape index (κ2) is 12.2. The molecule has 0 aliphatic heterocycles. The molecule has 1 aliphatic rings. The molecule has 0 radical (unpaired) electrons. The second-order valence-corrected chi connectivity index (χ2v) is 9.63. The number of rotatable bonds is 8. The minimum Gasteiger partial charge on any atom is -0.489 e. The lowest BCUT2D eigenvalue weighted by Crippen LogP contribution is -2.36. The Hall–Kier alpha value is -4.70. The molecule has 1 amide bonds. The normalized spacial score (nSPS) is 14.0. The largest absolute Gasteiger partial charge is 0.489 e. The van der Waals surface area contributed by atoms with Gasteiger partial charge in [0.25, 0.3) is 5.91 Å². The molecule has 39 heavy (non-hydrogen) atoms. The van der Waals surface area contributed by atoms with Crippen LogP contribution >= 0.6 is 0 Å². The lowest BCUT2D eigenvalue weighted by Gasteiger charge is -2.22. The van der Waals surface area contributed by atoms with Gasteiger partial charge in [0.05, 0.1) is 5.69 Å². The highest BCUT2D eigenvalue weighted by molar-refractivity contribution is 6.02. The number of para-hydroxylation sites is 1. The van der Waals surface area contributed by atoms with Crippen LogP contribution in [0.15, 0.2) is 90.6 Å². The van der Waals surface area contributed by atoms with Gasteiger partial charge in [0, 0.05) is 23.4 Å². The Kier molecular flexibility index (Phi) is 8.13. The van der Waals surface area contributed by atoms with Crippen LogP contribution < -0.4 is 10.1 Å². The maximum atomic E-state index is 13.2. The molecule has 4 aromatic rings. The first-order valence-electron chi connectivity index (χ1n) is 13.1. The van der Waals surface area contributed by atoms with Gasteiger partial charge in [-0.05, 0) is 60.9 Å². The van der Waals surface area contributed by atoms with Crippen LogP contribution in [0.1, 0.15) is 43.2 Å². The Bertz CT molecular complexity index is 1500. The highest BCUT2D eigenvalue weighted by Crippen LogP contribution is 2.29. The standard InChI is InChI=1S/C32H29FN4O2/c33-27-16-14-23(15-17-27)22-39-30-13-7-8-24(19-30)31-26(21-37(36-31)29-11-5-2-6-12-29)18-25(20-34)32(38)35-28-9-3-1-4-10-28/h2,5-8,11-19,21,28H,1,3-4,9-10,22H2,(H,35,38)/b25-18-. The predicted octanol–water partition coefficient (Wildman–Crippen LogP) is 6.61. The minimum atomic E-state index is -0.362. The van der Waals surface area contributed by atoms with Crippen molar-refractivity contribution in [1.29, 1.82) is 5.26 Å². The summed E-state index contributed by atoms with van der Waals surface area (Å²) in [5, 5.41) is 17.7. The third-order valence-corrected chi connectivity index (χ3v) is 6.79. The number of aromatic nitrogens is 2. The Morgan fingerprint density at radius 1 is 1.05 bits per heavy atom. The molecule has 0 unspecified atom stereocenters. The summed E-state index contributed by atoms with van der Waals surface area (Å²) in [6.45, 7) is 0.287. The van der Waals surface area contributed by atoms with E-state index in [1.54, 1.807) is 22.9 Å². The first-order valence-corrected chi connectivity index (χ1v) is 13.1. The number of carbonyl (C=O) groups is 1. The molecule has 0 spiro atoms. The zero-order valence-electron chi connectivity index (χ0n) is 21.5. The summed E-state index contributed by atoms with van der Waals surface area (Å²) in [7, 11) is 0. The molecule has 1 aliphatic carbocycles. The zero-order valence-corrected chi connectivity index (χ0v) is 21.5. The second-order valence-electron chi connectivity index (χ2n) is 9.63. The molecule has 6 nitrogen and oxygen atoms in total. The first-order chi connectivity index (χ1) is 19.1. The van der Waals surface area contributed by atoms with Crippen LogP contribution in [0.4, 0.5) is 4.39 Å². The van der Waals surface area contributed by atoms with E-state index in [4.69, 9.17) is 9.84 Å². The molecule has 1 saturated carbocycles. The quantitative estimate of drug-likeness (QED) is 0.209. The average Bonchev–Trinajstić information content (AvgIpc) is 3.41. The third-order valence-electron chi connectivity index (χ3n) is 6.79. The third kappa shape index (κ3) is 6.60. The Balaban J connectivity index is 1.45. The number of hydrogen-bond acceptors (Lipinski definition) is 4. The van der Waals surface area contributed by atoms with Crippen molar-refractivity contribution in [3.63, 3.8) is 0 Å². The van der Waals surface area contributed by atoms with Gasteiger partial charge in [0.1, 0.15) is 35.5 Å². The predicted molar refractivity (Wildman–Crippen MR) is 148 cm³/mol. The van der Waals surface area contributed by atoms with Gasteiger partial charge in [0.2, 0.25) is 0 Å². The molecular formula is C32H29FN4O2. The Labute approximate surface area is 227 Å². The van der Waals surface area contributed by atoms with E-state index in [0.29, 0.717) is 17.0 Å². The molecule has 0 bridgehead atoms. The molecule has 1 aromatic heterocycles. The van der Waals surface area contributed by atoms with Gasteiger partial charge in [-0.1, -0.05) is 61.7 Å². The highest BCUT2D eigenvalue weighted by atomic mass is 19.1. The summed E-state index contributed by atoms with van der Waals surface area (Å²) in [5.41, 5.74) is 3.78. The number of nitrogens with one attached hydrogen (secondary N) is 1.